The van der Waals surface area contributed by atoms with Gasteiger partial charge in [-0.05, 0) is 34.4 Å². The summed E-state index contributed by atoms with van der Waals surface area (Å²) in [6.45, 7) is 0.646. The fourth-order valence-corrected chi connectivity index (χ4v) is 3.49. The van der Waals surface area contributed by atoms with Crippen molar-refractivity contribution in [1.29, 1.82) is 0 Å². The minimum Gasteiger partial charge on any atom is -0.368 e. The van der Waals surface area contributed by atoms with Gasteiger partial charge in [0.1, 0.15) is 0 Å². The van der Waals surface area contributed by atoms with E-state index in [1.54, 1.807) is 0 Å². The number of fused-ring (bicyclic) bond motifs is 1. The van der Waals surface area contributed by atoms with Gasteiger partial charge in [-0.25, -0.2) is 0 Å². The van der Waals surface area contributed by atoms with Crippen LogP contribution in [0.4, 0.5) is 0 Å². The van der Waals surface area contributed by atoms with Crippen molar-refractivity contribution in [2.45, 2.75) is 18.6 Å². The molecule has 0 amide bonds. The second-order valence-electron chi connectivity index (χ2n) is 5.87. The quantitative estimate of drug-likeness (QED) is 0.584. The lowest BCUT2D eigenvalue weighted by atomic mass is 9.80. The lowest BCUT2D eigenvalue weighted by molar-refractivity contribution is 0.0149. The fourth-order valence-electron chi connectivity index (χ4n) is 3.36. The number of benzene rings is 3. The van der Waals surface area contributed by atoms with E-state index in [0.717, 1.165) is 10.6 Å². The van der Waals surface area contributed by atoms with E-state index in [1.165, 1.54) is 16.7 Å². The van der Waals surface area contributed by atoms with E-state index in [-0.39, 0.29) is 12.0 Å². The Balaban J connectivity index is 1.84. The lowest BCUT2D eigenvalue weighted by Crippen LogP contribution is -2.22. The van der Waals surface area contributed by atoms with Crippen LogP contribution in [-0.2, 0) is 11.3 Å². The average Bonchev–Trinajstić information content (AvgIpc) is 2.62. The molecule has 0 N–H and O–H groups in total. The summed E-state index contributed by atoms with van der Waals surface area (Å²) in [5.74, 6) is 0.197. The van der Waals surface area contributed by atoms with E-state index in [9.17, 15) is 0 Å². The zero-order valence-electron chi connectivity index (χ0n) is 12.7. The molecule has 3 aromatic rings. The third-order valence-electron chi connectivity index (χ3n) is 4.47. The summed E-state index contributed by atoms with van der Waals surface area (Å²) in [5, 5.41) is 0.751. The lowest BCUT2D eigenvalue weighted by Gasteiger charge is -2.34. The van der Waals surface area contributed by atoms with Gasteiger partial charge in [0, 0.05) is 10.9 Å². The summed E-state index contributed by atoms with van der Waals surface area (Å²) in [7, 11) is 0. The molecule has 0 fully saturated rings. The van der Waals surface area contributed by atoms with E-state index < -0.39 is 0 Å². The van der Waals surface area contributed by atoms with Crippen molar-refractivity contribution in [3.63, 3.8) is 0 Å². The van der Waals surface area contributed by atoms with Crippen molar-refractivity contribution in [3.8, 4) is 0 Å². The van der Waals surface area contributed by atoms with Gasteiger partial charge in [-0.3, -0.25) is 0 Å². The van der Waals surface area contributed by atoms with Gasteiger partial charge in [-0.2, -0.15) is 0 Å². The maximum absolute atomic E-state index is 6.25. The van der Waals surface area contributed by atoms with E-state index in [1.807, 2.05) is 12.1 Å². The van der Waals surface area contributed by atoms with Gasteiger partial charge in [0.25, 0.3) is 0 Å². The molecule has 0 bridgehead atoms. The fraction of sp³-hybridized carbons (Fsp3) is 0.143. The van der Waals surface area contributed by atoms with E-state index in [2.05, 4.69) is 66.7 Å². The van der Waals surface area contributed by atoms with E-state index in [4.69, 9.17) is 16.3 Å². The molecular formula is C21H17ClO. The molecule has 2 atom stereocenters. The zero-order valence-corrected chi connectivity index (χ0v) is 13.4. The summed E-state index contributed by atoms with van der Waals surface area (Å²) in [6.07, 6.45) is 0.00423. The Morgan fingerprint density at radius 3 is 2.22 bits per heavy atom. The van der Waals surface area contributed by atoms with Gasteiger partial charge in [-0.15, -0.1) is 0 Å². The highest BCUT2D eigenvalue weighted by Crippen LogP contribution is 2.44. The molecule has 0 aromatic heterocycles. The van der Waals surface area contributed by atoms with Crippen LogP contribution in [-0.4, -0.2) is 0 Å². The maximum Gasteiger partial charge on any atom is 0.0938 e. The van der Waals surface area contributed by atoms with Crippen LogP contribution >= 0.6 is 11.6 Å². The molecule has 4 rings (SSSR count). The molecule has 1 aliphatic heterocycles. The summed E-state index contributed by atoms with van der Waals surface area (Å²) in [6, 6.07) is 27.2. The maximum atomic E-state index is 6.25. The first-order valence-electron chi connectivity index (χ1n) is 7.83. The Hall–Kier alpha value is -2.09. The predicted molar refractivity (Wildman–Crippen MR) is 93.7 cm³/mol. The monoisotopic (exact) mass is 320 g/mol. The number of halogens is 1. The molecule has 0 saturated heterocycles. The molecule has 0 saturated carbocycles. The summed E-state index contributed by atoms with van der Waals surface area (Å²) >= 11 is 6.04. The molecule has 0 unspecified atom stereocenters. The molecule has 114 valence electrons. The smallest absolute Gasteiger partial charge is 0.0938 e. The highest BCUT2D eigenvalue weighted by atomic mass is 35.5. The summed E-state index contributed by atoms with van der Waals surface area (Å²) in [4.78, 5) is 0. The van der Waals surface area contributed by atoms with Crippen LogP contribution in [0.25, 0.3) is 0 Å². The number of rotatable bonds is 2. The molecule has 1 nitrogen and oxygen atoms in total. The van der Waals surface area contributed by atoms with Crippen molar-refractivity contribution in [2.75, 3.05) is 0 Å². The first-order chi connectivity index (χ1) is 11.3. The molecule has 3 aromatic carbocycles. The van der Waals surface area contributed by atoms with Gasteiger partial charge in [0.05, 0.1) is 12.7 Å². The topological polar surface area (TPSA) is 9.23 Å². The molecule has 1 heterocycles. The Bertz CT molecular complexity index is 796. The van der Waals surface area contributed by atoms with Crippen LogP contribution < -0.4 is 0 Å². The van der Waals surface area contributed by atoms with Crippen molar-refractivity contribution in [1.82, 2.24) is 0 Å². The summed E-state index contributed by atoms with van der Waals surface area (Å²) < 4.78 is 6.25. The van der Waals surface area contributed by atoms with Gasteiger partial charge in [0.15, 0.2) is 0 Å². The van der Waals surface area contributed by atoms with Crippen LogP contribution in [0, 0.1) is 0 Å². The molecule has 0 spiro atoms. The second-order valence-corrected chi connectivity index (χ2v) is 6.31. The third kappa shape index (κ3) is 2.78. The first kappa shape index (κ1) is 14.5. The highest BCUT2D eigenvalue weighted by molar-refractivity contribution is 6.30. The van der Waals surface area contributed by atoms with Crippen molar-refractivity contribution in [3.05, 3.63) is 106 Å². The van der Waals surface area contributed by atoms with Crippen LogP contribution in [0.3, 0.4) is 0 Å². The molecule has 2 heteroatoms. The van der Waals surface area contributed by atoms with E-state index in [0.29, 0.717) is 6.61 Å². The largest absolute Gasteiger partial charge is 0.368 e. The number of hydrogen-bond acceptors (Lipinski definition) is 1. The first-order valence-corrected chi connectivity index (χ1v) is 8.20. The molecule has 23 heavy (non-hydrogen) atoms. The number of ether oxygens (including phenoxy) is 1. The van der Waals surface area contributed by atoms with Crippen LogP contribution in [0.2, 0.25) is 5.02 Å². The Morgan fingerprint density at radius 1 is 0.739 bits per heavy atom. The van der Waals surface area contributed by atoms with Gasteiger partial charge in [0.2, 0.25) is 0 Å². The predicted octanol–water partition coefficient (Wildman–Crippen LogP) is 5.74. The standard InChI is InChI=1S/C21H17ClO/c22-18-12-10-16(11-13-18)21-20(15-6-2-1-3-7-15)19-9-5-4-8-17(19)14-23-21/h1-13,20-21H,14H2/t20-,21-/m0/s1. The van der Waals surface area contributed by atoms with Crippen molar-refractivity contribution < 1.29 is 4.74 Å². The Kier molecular flexibility index (Phi) is 3.90. The Labute approximate surface area is 141 Å². The van der Waals surface area contributed by atoms with E-state index >= 15 is 0 Å². The van der Waals surface area contributed by atoms with Crippen LogP contribution in [0.15, 0.2) is 78.9 Å². The van der Waals surface area contributed by atoms with Crippen molar-refractivity contribution in [2.24, 2.45) is 0 Å². The van der Waals surface area contributed by atoms with Crippen LogP contribution in [0.5, 0.6) is 0 Å². The minimum absolute atomic E-state index is 0.00423. The molecular weight excluding hydrogens is 304 g/mol. The second kappa shape index (κ2) is 6.19. The highest BCUT2D eigenvalue weighted by Gasteiger charge is 2.32. The van der Waals surface area contributed by atoms with Crippen molar-refractivity contribution >= 4 is 11.6 Å². The van der Waals surface area contributed by atoms with Gasteiger partial charge in [-0.1, -0.05) is 78.3 Å². The van der Waals surface area contributed by atoms with Gasteiger partial charge < -0.3 is 4.74 Å². The third-order valence-corrected chi connectivity index (χ3v) is 4.72. The Morgan fingerprint density at radius 2 is 1.43 bits per heavy atom. The summed E-state index contributed by atoms with van der Waals surface area (Å²) in [5.41, 5.74) is 5.06. The molecule has 0 radical (unpaired) electrons. The minimum atomic E-state index is 0.00423. The SMILES string of the molecule is Clc1ccc([C@@H]2OCc3ccccc3[C@@H]2c2ccccc2)cc1. The average molecular weight is 321 g/mol. The molecule has 0 aliphatic carbocycles. The number of hydrogen-bond donors (Lipinski definition) is 0. The normalized spacial score (nSPS) is 20.0. The van der Waals surface area contributed by atoms with Gasteiger partial charge >= 0.3 is 0 Å². The van der Waals surface area contributed by atoms with Crippen LogP contribution in [0.1, 0.15) is 34.3 Å². The zero-order chi connectivity index (χ0) is 15.6. The molecule has 1 aliphatic rings.